The van der Waals surface area contributed by atoms with Crippen molar-refractivity contribution in [2.24, 2.45) is 5.73 Å². The van der Waals surface area contributed by atoms with E-state index in [4.69, 9.17) is 22.1 Å². The van der Waals surface area contributed by atoms with E-state index in [0.29, 0.717) is 23.4 Å². The van der Waals surface area contributed by atoms with Crippen LogP contribution in [-0.4, -0.2) is 13.2 Å². The Hall–Kier alpha value is -1.58. The third-order valence-electron chi connectivity index (χ3n) is 3.16. The second-order valence-electron chi connectivity index (χ2n) is 4.72. The van der Waals surface area contributed by atoms with Crippen LogP contribution in [0.5, 0.6) is 5.75 Å². The van der Waals surface area contributed by atoms with Gasteiger partial charge in [-0.15, -0.1) is 0 Å². The minimum Gasteiger partial charge on any atom is -0.496 e. The first-order valence-electron chi connectivity index (χ1n) is 6.41. The summed E-state index contributed by atoms with van der Waals surface area (Å²) in [6.07, 6.45) is 1.06. The topological polar surface area (TPSA) is 35.2 Å². The summed E-state index contributed by atoms with van der Waals surface area (Å²) >= 11 is 5.99. The number of rotatable bonds is 5. The highest BCUT2D eigenvalue weighted by Crippen LogP contribution is 2.24. The van der Waals surface area contributed by atoms with Gasteiger partial charge in [0.25, 0.3) is 0 Å². The molecule has 4 heteroatoms. The Morgan fingerprint density at radius 2 is 1.85 bits per heavy atom. The highest BCUT2D eigenvalue weighted by atomic mass is 35.5. The van der Waals surface area contributed by atoms with Crippen LogP contribution in [0, 0.1) is 5.82 Å². The minimum atomic E-state index is -0.221. The molecule has 20 heavy (non-hydrogen) atoms. The van der Waals surface area contributed by atoms with Crippen LogP contribution in [0.2, 0.25) is 5.02 Å². The fourth-order valence-electron chi connectivity index (χ4n) is 2.21. The van der Waals surface area contributed by atoms with Crippen LogP contribution in [-0.2, 0) is 12.8 Å². The van der Waals surface area contributed by atoms with Crippen molar-refractivity contribution < 1.29 is 9.13 Å². The Kier molecular flexibility index (Phi) is 4.99. The SMILES string of the molecule is COc1ccc(Cl)cc1CC(N)Cc1ccccc1F. The van der Waals surface area contributed by atoms with Crippen molar-refractivity contribution in [1.82, 2.24) is 0 Å². The summed E-state index contributed by atoms with van der Waals surface area (Å²) in [7, 11) is 1.61. The molecule has 0 radical (unpaired) electrons. The Morgan fingerprint density at radius 1 is 1.15 bits per heavy atom. The third kappa shape index (κ3) is 3.71. The van der Waals surface area contributed by atoms with Crippen molar-refractivity contribution in [3.8, 4) is 5.75 Å². The summed E-state index contributed by atoms with van der Waals surface area (Å²) in [4.78, 5) is 0. The molecule has 0 aliphatic heterocycles. The molecule has 0 aliphatic carbocycles. The maximum Gasteiger partial charge on any atom is 0.126 e. The van der Waals surface area contributed by atoms with E-state index in [1.165, 1.54) is 6.07 Å². The Balaban J connectivity index is 2.10. The molecule has 2 aromatic rings. The molecule has 2 nitrogen and oxygen atoms in total. The molecule has 106 valence electrons. The number of halogens is 2. The molecule has 2 N–H and O–H groups in total. The van der Waals surface area contributed by atoms with E-state index < -0.39 is 0 Å². The first-order valence-corrected chi connectivity index (χ1v) is 6.79. The summed E-state index contributed by atoms with van der Waals surface area (Å²) in [5.74, 6) is 0.527. The maximum absolute atomic E-state index is 13.6. The third-order valence-corrected chi connectivity index (χ3v) is 3.40. The van der Waals surface area contributed by atoms with Gasteiger partial charge in [-0.2, -0.15) is 0 Å². The summed E-state index contributed by atoms with van der Waals surface area (Å²) in [5, 5.41) is 0.638. The van der Waals surface area contributed by atoms with Crippen molar-refractivity contribution in [2.45, 2.75) is 18.9 Å². The van der Waals surface area contributed by atoms with E-state index in [1.54, 1.807) is 25.3 Å². The standard InChI is InChI=1S/C16H17ClFNO/c1-20-16-7-6-13(17)8-12(16)10-14(19)9-11-4-2-3-5-15(11)18/h2-8,14H,9-10,19H2,1H3. The van der Waals surface area contributed by atoms with Gasteiger partial charge in [0, 0.05) is 11.1 Å². The molecule has 1 atom stereocenters. The lowest BCUT2D eigenvalue weighted by Crippen LogP contribution is -2.26. The van der Waals surface area contributed by atoms with E-state index in [1.807, 2.05) is 18.2 Å². The van der Waals surface area contributed by atoms with E-state index in [0.717, 1.165) is 11.3 Å². The van der Waals surface area contributed by atoms with Gasteiger partial charge in [-0.3, -0.25) is 0 Å². The van der Waals surface area contributed by atoms with Crippen LogP contribution in [0.1, 0.15) is 11.1 Å². The van der Waals surface area contributed by atoms with Gasteiger partial charge in [-0.05, 0) is 48.2 Å². The first kappa shape index (κ1) is 14.8. The number of benzene rings is 2. The highest BCUT2D eigenvalue weighted by Gasteiger charge is 2.12. The Morgan fingerprint density at radius 3 is 2.55 bits per heavy atom. The van der Waals surface area contributed by atoms with Crippen molar-refractivity contribution in [2.75, 3.05) is 7.11 Å². The van der Waals surface area contributed by atoms with Crippen LogP contribution in [0.4, 0.5) is 4.39 Å². The van der Waals surface area contributed by atoms with Crippen LogP contribution in [0.3, 0.4) is 0 Å². The predicted molar refractivity (Wildman–Crippen MR) is 79.8 cm³/mol. The summed E-state index contributed by atoms with van der Waals surface area (Å²) in [6, 6.07) is 11.9. The molecule has 0 aliphatic rings. The van der Waals surface area contributed by atoms with E-state index in [9.17, 15) is 4.39 Å². The zero-order valence-corrected chi connectivity index (χ0v) is 12.0. The van der Waals surface area contributed by atoms with Gasteiger partial charge in [-0.25, -0.2) is 4.39 Å². The molecule has 0 saturated carbocycles. The average molecular weight is 294 g/mol. The van der Waals surface area contributed by atoms with Gasteiger partial charge in [0.2, 0.25) is 0 Å². The van der Waals surface area contributed by atoms with Crippen LogP contribution in [0.25, 0.3) is 0 Å². The molecule has 0 heterocycles. The quantitative estimate of drug-likeness (QED) is 0.914. The van der Waals surface area contributed by atoms with Gasteiger partial charge >= 0.3 is 0 Å². The number of ether oxygens (including phenoxy) is 1. The molecule has 0 spiro atoms. The molecule has 0 amide bonds. The molecule has 0 saturated heterocycles. The monoisotopic (exact) mass is 293 g/mol. The van der Waals surface area contributed by atoms with Gasteiger partial charge in [-0.1, -0.05) is 29.8 Å². The van der Waals surface area contributed by atoms with E-state index in [-0.39, 0.29) is 11.9 Å². The molecule has 0 aromatic heterocycles. The molecular formula is C16H17ClFNO. The summed E-state index contributed by atoms with van der Waals surface area (Å²) in [6.45, 7) is 0. The van der Waals surface area contributed by atoms with Crippen molar-refractivity contribution in [3.05, 3.63) is 64.4 Å². The lowest BCUT2D eigenvalue weighted by molar-refractivity contribution is 0.407. The number of nitrogens with two attached hydrogens (primary N) is 1. The fourth-order valence-corrected chi connectivity index (χ4v) is 2.40. The zero-order valence-electron chi connectivity index (χ0n) is 11.3. The second kappa shape index (κ2) is 6.73. The Bertz CT molecular complexity index is 588. The largest absolute Gasteiger partial charge is 0.496 e. The molecule has 0 bridgehead atoms. The summed E-state index contributed by atoms with van der Waals surface area (Å²) < 4.78 is 18.9. The van der Waals surface area contributed by atoms with Gasteiger partial charge in [0.05, 0.1) is 7.11 Å². The second-order valence-corrected chi connectivity index (χ2v) is 5.15. The van der Waals surface area contributed by atoms with Crippen LogP contribution >= 0.6 is 11.6 Å². The molecule has 2 rings (SSSR count). The van der Waals surface area contributed by atoms with E-state index in [2.05, 4.69) is 0 Å². The normalized spacial score (nSPS) is 12.2. The Labute approximate surface area is 123 Å². The minimum absolute atomic E-state index is 0.195. The van der Waals surface area contributed by atoms with Crippen molar-refractivity contribution in [1.29, 1.82) is 0 Å². The number of hydrogen-bond acceptors (Lipinski definition) is 2. The van der Waals surface area contributed by atoms with Crippen LogP contribution in [0.15, 0.2) is 42.5 Å². The van der Waals surface area contributed by atoms with Gasteiger partial charge in [0.15, 0.2) is 0 Å². The smallest absolute Gasteiger partial charge is 0.126 e. The average Bonchev–Trinajstić information content (AvgIpc) is 2.41. The van der Waals surface area contributed by atoms with Gasteiger partial charge in [0.1, 0.15) is 11.6 Å². The van der Waals surface area contributed by atoms with Crippen LogP contribution < -0.4 is 10.5 Å². The lowest BCUT2D eigenvalue weighted by atomic mass is 9.99. The predicted octanol–water partition coefficient (Wildman–Crippen LogP) is 3.60. The number of hydrogen-bond donors (Lipinski definition) is 1. The van der Waals surface area contributed by atoms with Crippen molar-refractivity contribution >= 4 is 11.6 Å². The molecule has 0 fully saturated rings. The molecular weight excluding hydrogens is 277 g/mol. The van der Waals surface area contributed by atoms with Crippen molar-refractivity contribution in [3.63, 3.8) is 0 Å². The summed E-state index contributed by atoms with van der Waals surface area (Å²) in [5.41, 5.74) is 7.68. The highest BCUT2D eigenvalue weighted by molar-refractivity contribution is 6.30. The first-order chi connectivity index (χ1) is 9.60. The van der Waals surface area contributed by atoms with Gasteiger partial charge < -0.3 is 10.5 Å². The lowest BCUT2D eigenvalue weighted by Gasteiger charge is -2.15. The van der Waals surface area contributed by atoms with E-state index >= 15 is 0 Å². The fraction of sp³-hybridized carbons (Fsp3) is 0.250. The number of methoxy groups -OCH3 is 1. The zero-order chi connectivity index (χ0) is 14.5. The maximum atomic E-state index is 13.6. The molecule has 1 unspecified atom stereocenters. The molecule has 2 aromatic carbocycles.